The zero-order valence-corrected chi connectivity index (χ0v) is 9.69. The maximum atomic E-state index is 5.47. The van der Waals surface area contributed by atoms with Crippen molar-refractivity contribution < 1.29 is 0 Å². The maximum Gasteiger partial charge on any atom is 0.0110 e. The lowest BCUT2D eigenvalue weighted by molar-refractivity contribution is 1.25. The van der Waals surface area contributed by atoms with Gasteiger partial charge in [0, 0.05) is 6.54 Å². The minimum Gasteiger partial charge on any atom is -0.327 e. The second-order valence-corrected chi connectivity index (χ2v) is 4.39. The summed E-state index contributed by atoms with van der Waals surface area (Å²) in [6.07, 6.45) is 5.13. The second kappa shape index (κ2) is 4.19. The summed E-state index contributed by atoms with van der Waals surface area (Å²) >= 11 is 0. The average molecular weight is 221 g/mol. The minimum atomic E-state index is 0.595. The molecular weight excluding hydrogens is 206 g/mol. The zero-order valence-electron chi connectivity index (χ0n) is 9.69. The third-order valence-corrected chi connectivity index (χ3v) is 3.26. The van der Waals surface area contributed by atoms with Gasteiger partial charge in [-0.2, -0.15) is 0 Å². The Bertz CT molecular complexity index is 582. The topological polar surface area (TPSA) is 26.0 Å². The zero-order chi connectivity index (χ0) is 11.7. The van der Waals surface area contributed by atoms with Crippen LogP contribution < -0.4 is 5.73 Å². The van der Waals surface area contributed by atoms with Crippen molar-refractivity contribution in [3.8, 4) is 11.1 Å². The molecule has 1 heteroatoms. The Kier molecular flexibility index (Phi) is 2.54. The number of hydrogen-bond donors (Lipinski definition) is 1. The third-order valence-electron chi connectivity index (χ3n) is 3.26. The van der Waals surface area contributed by atoms with Gasteiger partial charge in [-0.25, -0.2) is 0 Å². The van der Waals surface area contributed by atoms with Crippen molar-refractivity contribution in [2.45, 2.75) is 6.42 Å². The van der Waals surface area contributed by atoms with Crippen LogP contribution in [0, 0.1) is 0 Å². The van der Waals surface area contributed by atoms with Gasteiger partial charge in [0.1, 0.15) is 0 Å². The Hall–Kier alpha value is -1.86. The highest BCUT2D eigenvalue weighted by Gasteiger charge is 2.17. The van der Waals surface area contributed by atoms with Crippen molar-refractivity contribution >= 4 is 6.08 Å². The average Bonchev–Trinajstić information content (AvgIpc) is 2.74. The van der Waals surface area contributed by atoms with Crippen LogP contribution in [-0.4, -0.2) is 6.54 Å². The molecule has 2 aromatic carbocycles. The van der Waals surface area contributed by atoms with Crippen LogP contribution in [0.2, 0.25) is 0 Å². The van der Waals surface area contributed by atoms with Crippen molar-refractivity contribution in [3.63, 3.8) is 0 Å². The van der Waals surface area contributed by atoms with Gasteiger partial charge >= 0.3 is 0 Å². The Balaban J connectivity index is 2.04. The summed E-state index contributed by atoms with van der Waals surface area (Å²) in [6.45, 7) is 0.595. The SMILES string of the molecule is NCC=Cc1ccc2c(c1)Cc1ccccc1-2. The van der Waals surface area contributed by atoms with Gasteiger partial charge < -0.3 is 5.73 Å². The van der Waals surface area contributed by atoms with Gasteiger partial charge in [0.25, 0.3) is 0 Å². The molecule has 0 amide bonds. The van der Waals surface area contributed by atoms with Crippen LogP contribution in [0.25, 0.3) is 17.2 Å². The molecule has 0 fully saturated rings. The number of rotatable bonds is 2. The summed E-state index contributed by atoms with van der Waals surface area (Å²) in [5.41, 5.74) is 12.3. The van der Waals surface area contributed by atoms with Gasteiger partial charge in [0.2, 0.25) is 0 Å². The largest absolute Gasteiger partial charge is 0.327 e. The molecule has 0 saturated heterocycles. The molecule has 0 aliphatic heterocycles. The van der Waals surface area contributed by atoms with Gasteiger partial charge in [-0.15, -0.1) is 0 Å². The highest BCUT2D eigenvalue weighted by atomic mass is 14.5. The molecule has 0 aromatic heterocycles. The first-order chi connectivity index (χ1) is 8.38. The minimum absolute atomic E-state index is 0.595. The van der Waals surface area contributed by atoms with Crippen LogP contribution in [0.15, 0.2) is 48.5 Å². The van der Waals surface area contributed by atoms with Gasteiger partial charge in [0.15, 0.2) is 0 Å². The fourth-order valence-corrected chi connectivity index (χ4v) is 2.47. The van der Waals surface area contributed by atoms with Gasteiger partial charge in [-0.1, -0.05) is 54.6 Å². The van der Waals surface area contributed by atoms with E-state index in [2.05, 4.69) is 48.5 Å². The van der Waals surface area contributed by atoms with Crippen molar-refractivity contribution in [2.75, 3.05) is 6.54 Å². The van der Waals surface area contributed by atoms with E-state index in [-0.39, 0.29) is 0 Å². The molecule has 1 aliphatic rings. The predicted molar refractivity (Wildman–Crippen MR) is 72.8 cm³/mol. The van der Waals surface area contributed by atoms with E-state index in [1.807, 2.05) is 6.08 Å². The summed E-state index contributed by atoms with van der Waals surface area (Å²) in [5.74, 6) is 0. The van der Waals surface area contributed by atoms with Gasteiger partial charge in [-0.05, 0) is 34.2 Å². The van der Waals surface area contributed by atoms with E-state index in [9.17, 15) is 0 Å². The monoisotopic (exact) mass is 221 g/mol. The number of nitrogens with two attached hydrogens (primary N) is 1. The molecule has 1 nitrogen and oxygen atoms in total. The molecule has 3 rings (SSSR count). The van der Waals surface area contributed by atoms with E-state index >= 15 is 0 Å². The molecule has 17 heavy (non-hydrogen) atoms. The number of hydrogen-bond acceptors (Lipinski definition) is 1. The quantitative estimate of drug-likeness (QED) is 0.706. The molecule has 0 spiro atoms. The summed E-state index contributed by atoms with van der Waals surface area (Å²) < 4.78 is 0. The van der Waals surface area contributed by atoms with E-state index in [1.165, 1.54) is 27.8 Å². The first-order valence-electron chi connectivity index (χ1n) is 5.96. The molecule has 0 unspecified atom stereocenters. The molecule has 0 radical (unpaired) electrons. The standard InChI is InChI=1S/C16H15N/c17-9-3-4-12-7-8-16-14(10-12)11-13-5-1-2-6-15(13)16/h1-8,10H,9,11,17H2. The molecular formula is C16H15N. The molecule has 0 bridgehead atoms. The predicted octanol–water partition coefficient (Wildman–Crippen LogP) is 3.23. The Morgan fingerprint density at radius 3 is 2.71 bits per heavy atom. The van der Waals surface area contributed by atoms with E-state index in [1.54, 1.807) is 0 Å². The molecule has 2 N–H and O–H groups in total. The fourth-order valence-electron chi connectivity index (χ4n) is 2.47. The molecule has 1 aliphatic carbocycles. The number of benzene rings is 2. The summed E-state index contributed by atoms with van der Waals surface area (Å²) in [6, 6.07) is 15.3. The lowest BCUT2D eigenvalue weighted by Crippen LogP contribution is -1.92. The smallest absolute Gasteiger partial charge is 0.0110 e. The lowest BCUT2D eigenvalue weighted by atomic mass is 10.0. The summed E-state index contributed by atoms with van der Waals surface area (Å²) in [5, 5.41) is 0. The highest BCUT2D eigenvalue weighted by molar-refractivity contribution is 5.78. The normalized spacial score (nSPS) is 12.8. The summed E-state index contributed by atoms with van der Waals surface area (Å²) in [7, 11) is 0. The lowest BCUT2D eigenvalue weighted by Gasteiger charge is -2.01. The Morgan fingerprint density at radius 2 is 1.82 bits per heavy atom. The van der Waals surface area contributed by atoms with E-state index in [4.69, 9.17) is 5.73 Å². The third kappa shape index (κ3) is 1.79. The van der Waals surface area contributed by atoms with Crippen molar-refractivity contribution in [1.29, 1.82) is 0 Å². The van der Waals surface area contributed by atoms with Crippen LogP contribution in [0.5, 0.6) is 0 Å². The maximum absolute atomic E-state index is 5.47. The highest BCUT2D eigenvalue weighted by Crippen LogP contribution is 2.36. The fraction of sp³-hybridized carbons (Fsp3) is 0.125. The first-order valence-corrected chi connectivity index (χ1v) is 5.96. The van der Waals surface area contributed by atoms with Gasteiger partial charge in [-0.3, -0.25) is 0 Å². The second-order valence-electron chi connectivity index (χ2n) is 4.39. The van der Waals surface area contributed by atoms with Crippen LogP contribution in [-0.2, 0) is 6.42 Å². The molecule has 0 atom stereocenters. The van der Waals surface area contributed by atoms with Crippen LogP contribution in [0.1, 0.15) is 16.7 Å². The van der Waals surface area contributed by atoms with Gasteiger partial charge in [0.05, 0.1) is 0 Å². The Labute approximate surface area is 102 Å². The summed E-state index contributed by atoms with van der Waals surface area (Å²) in [4.78, 5) is 0. The number of fused-ring (bicyclic) bond motifs is 3. The molecule has 84 valence electrons. The molecule has 0 heterocycles. The van der Waals surface area contributed by atoms with E-state index in [0.29, 0.717) is 6.54 Å². The van der Waals surface area contributed by atoms with Crippen molar-refractivity contribution in [1.82, 2.24) is 0 Å². The molecule has 0 saturated carbocycles. The van der Waals surface area contributed by atoms with Crippen LogP contribution >= 0.6 is 0 Å². The molecule has 2 aromatic rings. The van der Waals surface area contributed by atoms with E-state index < -0.39 is 0 Å². The van der Waals surface area contributed by atoms with Crippen LogP contribution in [0.3, 0.4) is 0 Å². The van der Waals surface area contributed by atoms with Crippen molar-refractivity contribution in [2.24, 2.45) is 5.73 Å². The van der Waals surface area contributed by atoms with Crippen LogP contribution in [0.4, 0.5) is 0 Å². The first kappa shape index (κ1) is 10.3. The van der Waals surface area contributed by atoms with Crippen molar-refractivity contribution in [3.05, 3.63) is 65.2 Å². The Morgan fingerprint density at radius 1 is 1.00 bits per heavy atom. The van der Waals surface area contributed by atoms with E-state index in [0.717, 1.165) is 6.42 Å².